The van der Waals surface area contributed by atoms with Crippen LogP contribution in [0.15, 0.2) is 15.2 Å². The molecule has 1 fully saturated rings. The number of nitrogens with zero attached hydrogens (tertiary/aromatic N) is 1. The third-order valence-corrected chi connectivity index (χ3v) is 4.73. The number of carbonyl (C=O) groups is 1. The van der Waals surface area contributed by atoms with Crippen molar-refractivity contribution in [1.82, 2.24) is 4.90 Å². The average Bonchev–Trinajstić information content (AvgIpc) is 2.86. The van der Waals surface area contributed by atoms with Gasteiger partial charge in [0, 0.05) is 19.0 Å². The SMILES string of the molecule is CN(CC1(O)CCCC1)C(=O)c1csc(Br)c1. The highest BCUT2D eigenvalue weighted by molar-refractivity contribution is 9.11. The van der Waals surface area contributed by atoms with Gasteiger partial charge in [0.2, 0.25) is 0 Å². The van der Waals surface area contributed by atoms with E-state index in [1.807, 2.05) is 11.4 Å². The van der Waals surface area contributed by atoms with Crippen LogP contribution in [0.25, 0.3) is 0 Å². The summed E-state index contributed by atoms with van der Waals surface area (Å²) in [6.45, 7) is 0.430. The lowest BCUT2D eigenvalue weighted by molar-refractivity contribution is 0.0157. The van der Waals surface area contributed by atoms with E-state index >= 15 is 0 Å². The summed E-state index contributed by atoms with van der Waals surface area (Å²) in [4.78, 5) is 13.7. The predicted octanol–water partition coefficient (Wildman–Crippen LogP) is 2.89. The van der Waals surface area contributed by atoms with Crippen LogP contribution in [0.1, 0.15) is 36.0 Å². The Labute approximate surface area is 114 Å². The van der Waals surface area contributed by atoms with Gasteiger partial charge in [-0.25, -0.2) is 0 Å². The van der Waals surface area contributed by atoms with Crippen LogP contribution in [0.5, 0.6) is 0 Å². The van der Waals surface area contributed by atoms with E-state index in [9.17, 15) is 9.90 Å². The highest BCUT2D eigenvalue weighted by Gasteiger charge is 2.33. The molecular weight excluding hydrogens is 302 g/mol. The van der Waals surface area contributed by atoms with Gasteiger partial charge >= 0.3 is 0 Å². The van der Waals surface area contributed by atoms with Crippen LogP contribution in [0.2, 0.25) is 0 Å². The molecule has 1 amide bonds. The van der Waals surface area contributed by atoms with Crippen LogP contribution >= 0.6 is 27.3 Å². The van der Waals surface area contributed by atoms with Gasteiger partial charge in [-0.3, -0.25) is 4.79 Å². The lowest BCUT2D eigenvalue weighted by Crippen LogP contribution is -2.41. The first kappa shape index (κ1) is 13.1. The molecule has 94 valence electrons. The van der Waals surface area contributed by atoms with Gasteiger partial charge in [-0.15, -0.1) is 11.3 Å². The Hall–Kier alpha value is -0.390. The molecule has 1 heterocycles. The van der Waals surface area contributed by atoms with Crippen molar-refractivity contribution in [3.63, 3.8) is 0 Å². The Morgan fingerprint density at radius 3 is 2.76 bits per heavy atom. The number of amides is 1. The zero-order valence-corrected chi connectivity index (χ0v) is 12.2. The highest BCUT2D eigenvalue weighted by atomic mass is 79.9. The van der Waals surface area contributed by atoms with E-state index in [1.165, 1.54) is 11.3 Å². The molecule has 0 aromatic carbocycles. The summed E-state index contributed by atoms with van der Waals surface area (Å²) in [5.74, 6) is -0.0210. The van der Waals surface area contributed by atoms with E-state index in [2.05, 4.69) is 15.9 Å². The zero-order valence-electron chi connectivity index (χ0n) is 9.78. The first-order chi connectivity index (χ1) is 8.00. The van der Waals surface area contributed by atoms with Crippen LogP contribution in [-0.2, 0) is 0 Å². The summed E-state index contributed by atoms with van der Waals surface area (Å²) in [5.41, 5.74) is 0.0171. The average molecular weight is 318 g/mol. The monoisotopic (exact) mass is 317 g/mol. The molecule has 1 N–H and O–H groups in total. The largest absolute Gasteiger partial charge is 0.388 e. The zero-order chi connectivity index (χ0) is 12.5. The number of likely N-dealkylation sites (N-methyl/N-ethyl adjacent to an activating group) is 1. The maximum absolute atomic E-state index is 12.1. The molecule has 1 aromatic rings. The smallest absolute Gasteiger partial charge is 0.254 e. The topological polar surface area (TPSA) is 40.5 Å². The molecule has 1 aliphatic carbocycles. The minimum Gasteiger partial charge on any atom is -0.388 e. The summed E-state index contributed by atoms with van der Waals surface area (Å²) in [6.07, 6.45) is 3.72. The van der Waals surface area contributed by atoms with Crippen LogP contribution in [0.4, 0.5) is 0 Å². The van der Waals surface area contributed by atoms with Crippen molar-refractivity contribution in [3.8, 4) is 0 Å². The van der Waals surface area contributed by atoms with Crippen LogP contribution in [-0.4, -0.2) is 35.1 Å². The fourth-order valence-corrected chi connectivity index (χ4v) is 3.48. The van der Waals surface area contributed by atoms with Gasteiger partial charge < -0.3 is 10.0 Å². The number of carbonyl (C=O) groups excluding carboxylic acids is 1. The molecule has 0 spiro atoms. The molecular formula is C12H16BrNO2S. The van der Waals surface area contributed by atoms with Crippen molar-refractivity contribution in [2.24, 2.45) is 0 Å². The van der Waals surface area contributed by atoms with E-state index < -0.39 is 5.60 Å². The minimum atomic E-state index is -0.669. The molecule has 0 atom stereocenters. The first-order valence-corrected chi connectivity index (χ1v) is 7.39. The van der Waals surface area contributed by atoms with Crippen molar-refractivity contribution >= 4 is 33.2 Å². The van der Waals surface area contributed by atoms with Crippen molar-refractivity contribution in [1.29, 1.82) is 0 Å². The van der Waals surface area contributed by atoms with Crippen LogP contribution in [0.3, 0.4) is 0 Å². The number of thiophene rings is 1. The molecule has 0 unspecified atom stereocenters. The Balaban J connectivity index is 2.00. The summed E-state index contributed by atoms with van der Waals surface area (Å²) in [7, 11) is 1.75. The van der Waals surface area contributed by atoms with Crippen LogP contribution < -0.4 is 0 Å². The fourth-order valence-electron chi connectivity index (χ4n) is 2.35. The van der Waals surface area contributed by atoms with Gasteiger partial charge in [-0.1, -0.05) is 12.8 Å². The molecule has 17 heavy (non-hydrogen) atoms. The number of hydrogen-bond donors (Lipinski definition) is 1. The maximum atomic E-state index is 12.1. The van der Waals surface area contributed by atoms with Gasteiger partial charge in [-0.2, -0.15) is 0 Å². The van der Waals surface area contributed by atoms with Gasteiger partial charge in [0.1, 0.15) is 0 Å². The molecule has 0 radical (unpaired) electrons. The predicted molar refractivity (Wildman–Crippen MR) is 72.4 cm³/mol. The quantitative estimate of drug-likeness (QED) is 0.931. The van der Waals surface area contributed by atoms with E-state index in [0.29, 0.717) is 12.1 Å². The number of aliphatic hydroxyl groups is 1. The van der Waals surface area contributed by atoms with Crippen molar-refractivity contribution < 1.29 is 9.90 Å². The van der Waals surface area contributed by atoms with Gasteiger partial charge in [-0.05, 0) is 34.8 Å². The third-order valence-electron chi connectivity index (χ3n) is 3.23. The Bertz CT molecular complexity index is 412. The lowest BCUT2D eigenvalue weighted by atomic mass is 10.0. The van der Waals surface area contributed by atoms with Crippen molar-refractivity contribution in [2.75, 3.05) is 13.6 Å². The first-order valence-electron chi connectivity index (χ1n) is 5.72. The Morgan fingerprint density at radius 1 is 1.59 bits per heavy atom. The second-order valence-electron chi connectivity index (χ2n) is 4.73. The second kappa shape index (κ2) is 5.08. The Kier molecular flexibility index (Phi) is 3.90. The number of rotatable bonds is 3. The molecule has 1 aliphatic rings. The molecule has 0 bridgehead atoms. The normalized spacial score (nSPS) is 18.3. The lowest BCUT2D eigenvalue weighted by Gasteiger charge is -2.28. The highest BCUT2D eigenvalue weighted by Crippen LogP contribution is 2.30. The number of halogens is 1. The number of hydrogen-bond acceptors (Lipinski definition) is 3. The summed E-state index contributed by atoms with van der Waals surface area (Å²) in [5, 5.41) is 12.1. The van der Waals surface area contributed by atoms with E-state index in [0.717, 1.165) is 29.5 Å². The fraction of sp³-hybridized carbons (Fsp3) is 0.583. The molecule has 5 heteroatoms. The molecule has 3 nitrogen and oxygen atoms in total. The summed E-state index contributed by atoms with van der Waals surface area (Å²) >= 11 is 4.85. The molecule has 2 rings (SSSR count). The van der Waals surface area contributed by atoms with E-state index in [-0.39, 0.29) is 5.91 Å². The molecule has 1 saturated carbocycles. The van der Waals surface area contributed by atoms with Crippen molar-refractivity contribution in [3.05, 3.63) is 20.8 Å². The van der Waals surface area contributed by atoms with E-state index in [1.54, 1.807) is 11.9 Å². The molecule has 1 aromatic heterocycles. The Morgan fingerprint density at radius 2 is 2.24 bits per heavy atom. The standard InChI is InChI=1S/C12H16BrNO2S/c1-14(8-12(16)4-2-3-5-12)11(15)9-6-10(13)17-7-9/h6-7,16H,2-5,8H2,1H3. The van der Waals surface area contributed by atoms with Crippen LogP contribution in [0, 0.1) is 0 Å². The van der Waals surface area contributed by atoms with Gasteiger partial charge in [0.25, 0.3) is 5.91 Å². The maximum Gasteiger partial charge on any atom is 0.254 e. The van der Waals surface area contributed by atoms with Crippen molar-refractivity contribution in [2.45, 2.75) is 31.3 Å². The third kappa shape index (κ3) is 3.09. The van der Waals surface area contributed by atoms with E-state index in [4.69, 9.17) is 0 Å². The summed E-state index contributed by atoms with van der Waals surface area (Å²) < 4.78 is 0.953. The van der Waals surface area contributed by atoms with Gasteiger partial charge in [0.15, 0.2) is 0 Å². The summed E-state index contributed by atoms with van der Waals surface area (Å²) in [6, 6.07) is 1.82. The molecule has 0 aliphatic heterocycles. The minimum absolute atomic E-state index is 0.0210. The second-order valence-corrected chi connectivity index (χ2v) is 7.02. The molecule has 0 saturated heterocycles. The van der Waals surface area contributed by atoms with Gasteiger partial charge in [0.05, 0.1) is 15.0 Å².